The smallest absolute Gasteiger partial charge is 0.240 e. The van der Waals surface area contributed by atoms with Crippen LogP contribution in [-0.4, -0.2) is 29.7 Å². The summed E-state index contributed by atoms with van der Waals surface area (Å²) < 4.78 is 0. The highest BCUT2D eigenvalue weighted by atomic mass is 32.1. The summed E-state index contributed by atoms with van der Waals surface area (Å²) in [5.74, 6) is 0.462. The Morgan fingerprint density at radius 1 is 1.47 bits per heavy atom. The molecule has 0 aliphatic carbocycles. The first-order valence-corrected chi connectivity index (χ1v) is 5.70. The maximum Gasteiger partial charge on any atom is 0.240 e. The van der Waals surface area contributed by atoms with Crippen LogP contribution in [0.4, 0.5) is 5.13 Å². The van der Waals surface area contributed by atoms with Crippen molar-refractivity contribution in [3.05, 3.63) is 5.01 Å². The van der Waals surface area contributed by atoms with Crippen LogP contribution < -0.4 is 10.6 Å². The lowest BCUT2D eigenvalue weighted by Gasteiger charge is -1.99. The number of nitrogens with zero attached hydrogens (tertiary/aromatic N) is 2. The number of carbonyl (C=O) groups excluding carboxylic acids is 1. The zero-order chi connectivity index (χ0) is 11.3. The van der Waals surface area contributed by atoms with E-state index in [9.17, 15) is 4.79 Å². The molecule has 6 heteroatoms. The Labute approximate surface area is 93.3 Å². The lowest BCUT2D eigenvalue weighted by molar-refractivity contribution is -0.115. The van der Waals surface area contributed by atoms with Crippen LogP contribution in [0, 0.1) is 5.92 Å². The van der Waals surface area contributed by atoms with Crippen LogP contribution >= 0.6 is 11.3 Å². The second-order valence-corrected chi connectivity index (χ2v) is 4.74. The Morgan fingerprint density at radius 3 is 2.80 bits per heavy atom. The van der Waals surface area contributed by atoms with E-state index in [-0.39, 0.29) is 5.91 Å². The Kier molecular flexibility index (Phi) is 4.64. The summed E-state index contributed by atoms with van der Waals surface area (Å²) in [5, 5.41) is 14.9. The standard InChI is InChI=1S/C9H16N4OS/c1-6(2)4-8-12-13-9(15-8)11-7(14)5-10-3/h6,10H,4-5H2,1-3H3,(H,11,13,14). The van der Waals surface area contributed by atoms with Crippen molar-refractivity contribution in [3.8, 4) is 0 Å². The van der Waals surface area contributed by atoms with Gasteiger partial charge in [0.25, 0.3) is 0 Å². The molecule has 0 aromatic carbocycles. The highest BCUT2D eigenvalue weighted by molar-refractivity contribution is 7.15. The maximum atomic E-state index is 11.2. The molecule has 0 bridgehead atoms. The van der Waals surface area contributed by atoms with E-state index in [1.807, 2.05) is 0 Å². The van der Waals surface area contributed by atoms with Crippen LogP contribution in [0.2, 0.25) is 0 Å². The van der Waals surface area contributed by atoms with E-state index in [4.69, 9.17) is 0 Å². The number of hydrogen-bond donors (Lipinski definition) is 2. The van der Waals surface area contributed by atoms with Gasteiger partial charge in [-0.2, -0.15) is 0 Å². The van der Waals surface area contributed by atoms with Crippen LogP contribution in [0.3, 0.4) is 0 Å². The van der Waals surface area contributed by atoms with Crippen molar-refractivity contribution in [2.24, 2.45) is 5.92 Å². The molecule has 0 atom stereocenters. The zero-order valence-corrected chi connectivity index (χ0v) is 10.0. The molecule has 0 aliphatic rings. The number of anilines is 1. The average Bonchev–Trinajstić information content (AvgIpc) is 2.51. The fourth-order valence-corrected chi connectivity index (χ4v) is 2.03. The molecule has 0 unspecified atom stereocenters. The van der Waals surface area contributed by atoms with Gasteiger partial charge in [-0.05, 0) is 13.0 Å². The van der Waals surface area contributed by atoms with Gasteiger partial charge in [-0.3, -0.25) is 10.1 Å². The highest BCUT2D eigenvalue weighted by Crippen LogP contribution is 2.17. The van der Waals surface area contributed by atoms with Gasteiger partial charge in [-0.1, -0.05) is 25.2 Å². The van der Waals surface area contributed by atoms with Gasteiger partial charge in [0.05, 0.1) is 6.54 Å². The molecule has 84 valence electrons. The first-order chi connectivity index (χ1) is 7.11. The summed E-state index contributed by atoms with van der Waals surface area (Å²) in [6.07, 6.45) is 0.902. The number of rotatable bonds is 5. The van der Waals surface area contributed by atoms with Gasteiger partial charge in [0.15, 0.2) is 0 Å². The van der Waals surface area contributed by atoms with Crippen LogP contribution in [0.1, 0.15) is 18.9 Å². The third-order valence-corrected chi connectivity index (χ3v) is 2.49. The first kappa shape index (κ1) is 12.1. The SMILES string of the molecule is CNCC(=O)Nc1nnc(CC(C)C)s1. The summed E-state index contributed by atoms with van der Waals surface area (Å²) in [6.45, 7) is 4.54. The molecule has 1 aromatic heterocycles. The number of hydrogen-bond acceptors (Lipinski definition) is 5. The summed E-state index contributed by atoms with van der Waals surface area (Å²) in [6, 6.07) is 0. The number of likely N-dealkylation sites (N-methyl/N-ethyl adjacent to an activating group) is 1. The Balaban J connectivity index is 2.49. The Bertz CT molecular complexity index is 324. The van der Waals surface area contributed by atoms with E-state index in [1.54, 1.807) is 7.05 Å². The number of nitrogens with one attached hydrogen (secondary N) is 2. The predicted molar refractivity (Wildman–Crippen MR) is 61.0 cm³/mol. The molecule has 5 nitrogen and oxygen atoms in total. The second-order valence-electron chi connectivity index (χ2n) is 3.68. The maximum absolute atomic E-state index is 11.2. The number of amides is 1. The summed E-state index contributed by atoms with van der Waals surface area (Å²) >= 11 is 1.43. The topological polar surface area (TPSA) is 66.9 Å². The molecule has 1 aromatic rings. The zero-order valence-electron chi connectivity index (χ0n) is 9.20. The third kappa shape index (κ3) is 4.35. The van der Waals surface area contributed by atoms with Crippen molar-refractivity contribution >= 4 is 22.4 Å². The lowest BCUT2D eigenvalue weighted by atomic mass is 10.1. The van der Waals surface area contributed by atoms with Crippen molar-refractivity contribution < 1.29 is 4.79 Å². The average molecular weight is 228 g/mol. The molecule has 0 radical (unpaired) electrons. The van der Waals surface area contributed by atoms with Crippen molar-refractivity contribution in [3.63, 3.8) is 0 Å². The molecule has 0 saturated heterocycles. The van der Waals surface area contributed by atoms with Gasteiger partial charge in [-0.15, -0.1) is 10.2 Å². The first-order valence-electron chi connectivity index (χ1n) is 4.88. The van der Waals surface area contributed by atoms with Crippen LogP contribution in [0.5, 0.6) is 0 Å². The van der Waals surface area contributed by atoms with Crippen molar-refractivity contribution in [1.82, 2.24) is 15.5 Å². The van der Waals surface area contributed by atoms with Gasteiger partial charge < -0.3 is 5.32 Å². The van der Waals surface area contributed by atoms with Crippen molar-refractivity contribution in [1.29, 1.82) is 0 Å². The predicted octanol–water partition coefficient (Wildman–Crippen LogP) is 0.894. The molecule has 0 saturated carbocycles. The molecule has 2 N–H and O–H groups in total. The molecule has 0 spiro atoms. The second kappa shape index (κ2) is 5.77. The van der Waals surface area contributed by atoms with Crippen LogP contribution in [0.15, 0.2) is 0 Å². The Morgan fingerprint density at radius 2 is 2.20 bits per heavy atom. The largest absolute Gasteiger partial charge is 0.311 e. The molecule has 15 heavy (non-hydrogen) atoms. The van der Waals surface area contributed by atoms with Gasteiger partial charge >= 0.3 is 0 Å². The van der Waals surface area contributed by atoms with E-state index in [1.165, 1.54) is 11.3 Å². The summed E-state index contributed by atoms with van der Waals surface area (Å²) in [7, 11) is 1.73. The molecule has 0 fully saturated rings. The number of carbonyl (C=O) groups is 1. The monoisotopic (exact) mass is 228 g/mol. The van der Waals surface area contributed by atoms with E-state index in [2.05, 4.69) is 34.7 Å². The van der Waals surface area contributed by atoms with E-state index < -0.39 is 0 Å². The third-order valence-electron chi connectivity index (χ3n) is 1.63. The number of aromatic nitrogens is 2. The molecule has 0 aliphatic heterocycles. The molecule has 1 rings (SSSR count). The Hall–Kier alpha value is -1.01. The minimum absolute atomic E-state index is 0.0928. The minimum Gasteiger partial charge on any atom is -0.311 e. The summed E-state index contributed by atoms with van der Waals surface area (Å²) in [4.78, 5) is 11.2. The van der Waals surface area contributed by atoms with E-state index >= 15 is 0 Å². The van der Waals surface area contributed by atoms with Gasteiger partial charge in [0, 0.05) is 6.42 Å². The van der Waals surface area contributed by atoms with Gasteiger partial charge in [-0.25, -0.2) is 0 Å². The molecular formula is C9H16N4OS. The quantitative estimate of drug-likeness (QED) is 0.785. The van der Waals surface area contributed by atoms with Gasteiger partial charge in [0.2, 0.25) is 11.0 Å². The molecule has 1 heterocycles. The van der Waals surface area contributed by atoms with E-state index in [0.717, 1.165) is 11.4 Å². The fourth-order valence-electron chi connectivity index (χ4n) is 1.06. The van der Waals surface area contributed by atoms with Crippen molar-refractivity contribution in [2.45, 2.75) is 20.3 Å². The van der Waals surface area contributed by atoms with Crippen LogP contribution in [-0.2, 0) is 11.2 Å². The van der Waals surface area contributed by atoms with Crippen molar-refractivity contribution in [2.75, 3.05) is 18.9 Å². The molecule has 1 amide bonds. The minimum atomic E-state index is -0.0928. The van der Waals surface area contributed by atoms with Gasteiger partial charge in [0.1, 0.15) is 5.01 Å². The fraction of sp³-hybridized carbons (Fsp3) is 0.667. The summed E-state index contributed by atoms with van der Waals surface area (Å²) in [5.41, 5.74) is 0. The molecular weight excluding hydrogens is 212 g/mol. The normalized spacial score (nSPS) is 10.7. The highest BCUT2D eigenvalue weighted by Gasteiger charge is 2.08. The van der Waals surface area contributed by atoms with Crippen LogP contribution in [0.25, 0.3) is 0 Å². The lowest BCUT2D eigenvalue weighted by Crippen LogP contribution is -2.24. The van der Waals surface area contributed by atoms with E-state index in [0.29, 0.717) is 17.6 Å².